The molecule has 216 valence electrons. The third-order valence-corrected chi connectivity index (χ3v) is 9.52. The highest BCUT2D eigenvalue weighted by Gasteiger charge is 2.35. The van der Waals surface area contributed by atoms with Crippen LogP contribution < -0.4 is 14.8 Å². The minimum absolute atomic E-state index is 0.0545. The zero-order chi connectivity index (χ0) is 29.2. The number of ether oxygens (including phenoxy) is 1. The Morgan fingerprint density at radius 3 is 2.67 bits per heavy atom. The summed E-state index contributed by atoms with van der Waals surface area (Å²) in [7, 11) is -2.34. The molecule has 3 heterocycles. The fourth-order valence-electron chi connectivity index (χ4n) is 4.37. The molecule has 3 aromatic rings. The molecule has 0 unspecified atom stereocenters. The maximum absolute atomic E-state index is 13.6. The number of para-hydroxylation sites is 1. The molecule has 1 aromatic carbocycles. The van der Waals surface area contributed by atoms with Crippen molar-refractivity contribution in [1.29, 1.82) is 0 Å². The van der Waals surface area contributed by atoms with Crippen LogP contribution in [0.1, 0.15) is 35.7 Å². The second-order valence-electron chi connectivity index (χ2n) is 9.85. The molecular weight excluding hydrogens is 558 g/mol. The number of aliphatic hydroxyl groups excluding tert-OH is 1. The minimum atomic E-state index is -3.95. The predicted molar refractivity (Wildman–Crippen MR) is 150 cm³/mol. The summed E-state index contributed by atoms with van der Waals surface area (Å²) in [6.45, 7) is 7.11. The lowest BCUT2D eigenvalue weighted by atomic mass is 9.99. The molecule has 3 N–H and O–H groups in total. The Labute approximate surface area is 237 Å². The number of benzene rings is 1. The van der Waals surface area contributed by atoms with E-state index in [1.807, 2.05) is 6.92 Å². The average Bonchev–Trinajstić information content (AvgIpc) is 3.57. The van der Waals surface area contributed by atoms with Gasteiger partial charge in [-0.05, 0) is 44.4 Å². The van der Waals surface area contributed by atoms with Crippen LogP contribution >= 0.6 is 11.3 Å². The largest absolute Gasteiger partial charge is 0.485 e. The van der Waals surface area contributed by atoms with E-state index in [9.17, 15) is 23.1 Å². The number of sulfonamides is 1. The molecule has 2 aromatic heterocycles. The molecule has 0 radical (unpaired) electrons. The number of fused-ring (bicyclic) bond motifs is 1. The van der Waals surface area contributed by atoms with Gasteiger partial charge >= 0.3 is 6.03 Å². The van der Waals surface area contributed by atoms with E-state index in [-0.39, 0.29) is 46.8 Å². The number of carbonyl (C=O) groups excluding carboxylic acids is 2. The molecular formula is C26H33N5O7S2. The fourth-order valence-corrected chi connectivity index (χ4v) is 6.43. The molecule has 0 aliphatic carbocycles. The number of aromatic nitrogens is 1. The lowest BCUT2D eigenvalue weighted by Crippen LogP contribution is -2.50. The first kappa shape index (κ1) is 29.4. The van der Waals surface area contributed by atoms with Crippen LogP contribution in [0.2, 0.25) is 0 Å². The first-order valence-electron chi connectivity index (χ1n) is 12.7. The number of hydrogen-bond donors (Lipinski definition) is 3. The number of amides is 3. The summed E-state index contributed by atoms with van der Waals surface area (Å²) >= 11 is 1.06. The third-order valence-electron chi connectivity index (χ3n) is 6.76. The number of rotatable bonds is 8. The van der Waals surface area contributed by atoms with Crippen molar-refractivity contribution in [2.45, 2.75) is 44.0 Å². The second-order valence-corrected chi connectivity index (χ2v) is 12.7. The molecule has 4 rings (SSSR count). The molecule has 0 saturated heterocycles. The molecule has 12 nitrogen and oxygen atoms in total. The van der Waals surface area contributed by atoms with E-state index in [0.717, 1.165) is 11.3 Å². The van der Waals surface area contributed by atoms with Crippen LogP contribution in [0.4, 0.5) is 16.2 Å². The molecule has 0 fully saturated rings. The van der Waals surface area contributed by atoms with Crippen molar-refractivity contribution < 1.29 is 32.4 Å². The quantitative estimate of drug-likeness (QED) is 0.359. The van der Waals surface area contributed by atoms with Gasteiger partial charge in [0.15, 0.2) is 11.5 Å². The molecule has 0 bridgehead atoms. The van der Waals surface area contributed by atoms with Gasteiger partial charge in [-0.1, -0.05) is 24.2 Å². The first-order valence-corrected chi connectivity index (χ1v) is 15.0. The highest BCUT2D eigenvalue weighted by atomic mass is 32.2. The Bertz CT molecular complexity index is 1450. The number of nitrogens with zero attached hydrogens (tertiary/aromatic N) is 3. The Kier molecular flexibility index (Phi) is 8.71. The maximum atomic E-state index is 13.6. The van der Waals surface area contributed by atoms with Gasteiger partial charge in [-0.2, -0.15) is 0 Å². The van der Waals surface area contributed by atoms with Gasteiger partial charge < -0.3 is 29.5 Å². The summed E-state index contributed by atoms with van der Waals surface area (Å²) < 4.78 is 40.3. The van der Waals surface area contributed by atoms with E-state index in [2.05, 4.69) is 15.2 Å². The van der Waals surface area contributed by atoms with Gasteiger partial charge in [0.05, 0.1) is 30.4 Å². The summed E-state index contributed by atoms with van der Waals surface area (Å²) in [6, 6.07) is 6.83. The standard InChI is InChI=1S/C26H33N5O7S2/c1-15-12-31(16(2)14-32)25(33)19-8-6-9-20(29-40(35,36)22-10-7-11-39-22)24(19)37-21(15)13-30(5)26(34)27-23-17(3)28-38-18(23)4/h6-11,15-16,21,29,32H,12-14H2,1-5H3,(H,27,34)/t15-,16+,21-/m1/s1. The van der Waals surface area contributed by atoms with E-state index in [4.69, 9.17) is 9.26 Å². The van der Waals surface area contributed by atoms with Gasteiger partial charge in [0.1, 0.15) is 21.7 Å². The van der Waals surface area contributed by atoms with Crippen LogP contribution in [0.15, 0.2) is 44.4 Å². The first-order chi connectivity index (χ1) is 18.9. The number of aryl methyl sites for hydroxylation is 2. The van der Waals surface area contributed by atoms with Crippen molar-refractivity contribution in [1.82, 2.24) is 15.0 Å². The Morgan fingerprint density at radius 2 is 2.05 bits per heavy atom. The molecule has 40 heavy (non-hydrogen) atoms. The molecule has 14 heteroatoms. The molecule has 1 aliphatic rings. The van der Waals surface area contributed by atoms with Crippen molar-refractivity contribution in [2.24, 2.45) is 5.92 Å². The fraction of sp³-hybridized carbons (Fsp3) is 0.423. The van der Waals surface area contributed by atoms with Gasteiger partial charge in [-0.3, -0.25) is 9.52 Å². The molecule has 1 aliphatic heterocycles. The third kappa shape index (κ3) is 6.08. The molecule has 3 atom stereocenters. The molecule has 3 amide bonds. The van der Waals surface area contributed by atoms with Crippen LogP contribution in [-0.2, 0) is 10.0 Å². The Morgan fingerprint density at radius 1 is 1.30 bits per heavy atom. The van der Waals surface area contributed by atoms with Crippen molar-refractivity contribution in [3.8, 4) is 5.75 Å². The Hall–Kier alpha value is -3.62. The smallest absolute Gasteiger partial charge is 0.321 e. The number of anilines is 2. The van der Waals surface area contributed by atoms with Gasteiger partial charge in [0.2, 0.25) is 0 Å². The van der Waals surface area contributed by atoms with Crippen LogP contribution in [0, 0.1) is 19.8 Å². The summed E-state index contributed by atoms with van der Waals surface area (Å²) in [5, 5.41) is 18.2. The molecule has 0 spiro atoms. The van der Waals surface area contributed by atoms with Crippen LogP contribution in [0.3, 0.4) is 0 Å². The van der Waals surface area contributed by atoms with Crippen molar-refractivity contribution in [3.05, 3.63) is 52.7 Å². The van der Waals surface area contributed by atoms with Crippen LogP contribution in [0.5, 0.6) is 5.75 Å². The van der Waals surface area contributed by atoms with E-state index in [0.29, 0.717) is 17.1 Å². The minimum Gasteiger partial charge on any atom is -0.485 e. The summed E-state index contributed by atoms with van der Waals surface area (Å²) in [4.78, 5) is 29.7. The summed E-state index contributed by atoms with van der Waals surface area (Å²) in [5.41, 5.74) is 1.26. The highest BCUT2D eigenvalue weighted by molar-refractivity contribution is 7.94. The molecule has 0 saturated carbocycles. The summed E-state index contributed by atoms with van der Waals surface area (Å²) in [5.74, 6) is -0.177. The average molecular weight is 592 g/mol. The van der Waals surface area contributed by atoms with Gasteiger partial charge in [-0.25, -0.2) is 13.2 Å². The van der Waals surface area contributed by atoms with Crippen LogP contribution in [0.25, 0.3) is 0 Å². The lowest BCUT2D eigenvalue weighted by Gasteiger charge is -2.38. The zero-order valence-electron chi connectivity index (χ0n) is 22.9. The zero-order valence-corrected chi connectivity index (χ0v) is 24.5. The van der Waals surface area contributed by atoms with E-state index >= 15 is 0 Å². The van der Waals surface area contributed by atoms with Gasteiger partial charge in [0, 0.05) is 19.5 Å². The number of thiophene rings is 1. The topological polar surface area (TPSA) is 154 Å². The normalized spacial score (nSPS) is 18.2. The monoisotopic (exact) mass is 591 g/mol. The lowest BCUT2D eigenvalue weighted by molar-refractivity contribution is 0.0373. The maximum Gasteiger partial charge on any atom is 0.321 e. The van der Waals surface area contributed by atoms with Crippen molar-refractivity contribution >= 4 is 44.7 Å². The predicted octanol–water partition coefficient (Wildman–Crippen LogP) is 3.54. The SMILES string of the molecule is Cc1noc(C)c1NC(=O)N(C)C[C@H]1Oc2c(NS(=O)(=O)c3cccs3)cccc2C(=O)N([C@@H](C)CO)C[C@H]1C. The summed E-state index contributed by atoms with van der Waals surface area (Å²) in [6.07, 6.45) is -0.645. The van der Waals surface area contributed by atoms with Gasteiger partial charge in [0.25, 0.3) is 15.9 Å². The second kappa shape index (κ2) is 11.9. The van der Waals surface area contributed by atoms with E-state index in [1.54, 1.807) is 56.3 Å². The van der Waals surface area contributed by atoms with Crippen LogP contribution in [-0.4, -0.2) is 79.3 Å². The van der Waals surface area contributed by atoms with Crippen molar-refractivity contribution in [2.75, 3.05) is 36.8 Å². The number of nitrogens with one attached hydrogen (secondary N) is 2. The van der Waals surface area contributed by atoms with Gasteiger partial charge in [-0.15, -0.1) is 11.3 Å². The van der Waals surface area contributed by atoms with Crippen molar-refractivity contribution in [3.63, 3.8) is 0 Å². The number of urea groups is 1. The number of aliphatic hydroxyl groups is 1. The number of likely N-dealkylation sites (N-methyl/N-ethyl adjacent to an activating group) is 1. The van der Waals surface area contributed by atoms with E-state index < -0.39 is 34.1 Å². The number of hydrogen-bond acceptors (Lipinski definition) is 9. The van der Waals surface area contributed by atoms with E-state index in [1.165, 1.54) is 17.0 Å². The highest BCUT2D eigenvalue weighted by Crippen LogP contribution is 2.36. The number of carbonyl (C=O) groups is 2. The Balaban J connectivity index is 1.69.